The highest BCUT2D eigenvalue weighted by atomic mass is 79.9. The molecule has 0 spiro atoms. The van der Waals surface area contributed by atoms with Crippen LogP contribution < -0.4 is 15.2 Å². The number of hydrogen-bond donors (Lipinski definition) is 1. The summed E-state index contributed by atoms with van der Waals surface area (Å²) in [4.78, 5) is 0.914. The van der Waals surface area contributed by atoms with E-state index in [0.29, 0.717) is 16.5 Å². The fourth-order valence-corrected chi connectivity index (χ4v) is 3.71. The molecule has 6 heteroatoms. The molecule has 0 radical (unpaired) electrons. The van der Waals surface area contributed by atoms with Gasteiger partial charge in [0.05, 0.1) is 25.3 Å². The molecule has 2 rings (SSSR count). The quantitative estimate of drug-likeness (QED) is 0.885. The van der Waals surface area contributed by atoms with Crippen LogP contribution in [0.1, 0.15) is 16.5 Å². The van der Waals surface area contributed by atoms with Crippen molar-refractivity contribution in [1.82, 2.24) is 0 Å². The number of nitrogens with two attached hydrogens (primary N) is 1. The lowest BCUT2D eigenvalue weighted by Crippen LogP contribution is -2.12. The number of methoxy groups -OCH3 is 2. The van der Waals surface area contributed by atoms with Gasteiger partial charge in [0.15, 0.2) is 0 Å². The zero-order valence-electron chi connectivity index (χ0n) is 10.4. The summed E-state index contributed by atoms with van der Waals surface area (Å²) in [5, 5.41) is 2.59. The highest BCUT2D eigenvalue weighted by molar-refractivity contribution is 9.10. The van der Waals surface area contributed by atoms with E-state index in [-0.39, 0.29) is 6.04 Å². The van der Waals surface area contributed by atoms with E-state index < -0.39 is 0 Å². The third-order valence-electron chi connectivity index (χ3n) is 2.78. The van der Waals surface area contributed by atoms with Gasteiger partial charge in [-0.15, -0.1) is 11.3 Å². The topological polar surface area (TPSA) is 44.5 Å². The molecule has 0 amide bonds. The van der Waals surface area contributed by atoms with E-state index in [1.165, 1.54) is 11.3 Å². The monoisotopic (exact) mass is 361 g/mol. The van der Waals surface area contributed by atoms with Crippen LogP contribution in [0.2, 0.25) is 5.02 Å². The molecule has 0 aliphatic heterocycles. The lowest BCUT2D eigenvalue weighted by molar-refractivity contribution is 0.385. The number of ether oxygens (including phenoxy) is 2. The minimum atomic E-state index is -0.329. The van der Waals surface area contributed by atoms with Crippen LogP contribution in [0.3, 0.4) is 0 Å². The van der Waals surface area contributed by atoms with Gasteiger partial charge in [0, 0.05) is 10.4 Å². The predicted octanol–water partition coefficient (Wildman–Crippen LogP) is 4.23. The lowest BCUT2D eigenvalue weighted by atomic mass is 10.0. The molecular weight excluding hydrogens is 350 g/mol. The van der Waals surface area contributed by atoms with E-state index in [4.69, 9.17) is 26.8 Å². The minimum absolute atomic E-state index is 0.329. The maximum absolute atomic E-state index is 6.28. The Kier molecular flexibility index (Phi) is 4.73. The first kappa shape index (κ1) is 14.7. The number of hydrogen-bond acceptors (Lipinski definition) is 4. The van der Waals surface area contributed by atoms with Crippen LogP contribution in [0.25, 0.3) is 0 Å². The van der Waals surface area contributed by atoms with Crippen molar-refractivity contribution in [2.75, 3.05) is 14.2 Å². The zero-order chi connectivity index (χ0) is 14.0. The number of benzene rings is 1. The van der Waals surface area contributed by atoms with E-state index in [2.05, 4.69) is 15.9 Å². The van der Waals surface area contributed by atoms with Crippen LogP contribution in [0.15, 0.2) is 28.1 Å². The summed E-state index contributed by atoms with van der Waals surface area (Å²) in [6.07, 6.45) is 0. The second-order valence-corrected chi connectivity index (χ2v) is 5.96. The molecular formula is C13H13BrClNO2S. The largest absolute Gasteiger partial charge is 0.495 e. The Labute approximate surface area is 129 Å². The molecule has 1 atom stereocenters. The Balaban J connectivity index is 2.51. The highest BCUT2D eigenvalue weighted by Crippen LogP contribution is 2.42. The van der Waals surface area contributed by atoms with Gasteiger partial charge >= 0.3 is 0 Å². The van der Waals surface area contributed by atoms with Crippen LogP contribution in [0, 0.1) is 0 Å². The average Bonchev–Trinajstić information content (AvgIpc) is 2.83. The number of halogens is 2. The van der Waals surface area contributed by atoms with Crippen molar-refractivity contribution in [3.63, 3.8) is 0 Å². The van der Waals surface area contributed by atoms with Crippen molar-refractivity contribution in [3.8, 4) is 11.5 Å². The van der Waals surface area contributed by atoms with Gasteiger partial charge in [-0.05, 0) is 39.5 Å². The van der Waals surface area contributed by atoms with Crippen LogP contribution in [-0.4, -0.2) is 14.2 Å². The summed E-state index contributed by atoms with van der Waals surface area (Å²) in [5.74, 6) is 1.36. The van der Waals surface area contributed by atoms with Crippen LogP contribution in [0.4, 0.5) is 0 Å². The lowest BCUT2D eigenvalue weighted by Gasteiger charge is -2.18. The number of rotatable bonds is 4. The molecule has 1 unspecified atom stereocenters. The highest BCUT2D eigenvalue weighted by Gasteiger charge is 2.21. The summed E-state index contributed by atoms with van der Waals surface area (Å²) < 4.78 is 11.4. The van der Waals surface area contributed by atoms with Crippen molar-refractivity contribution in [2.45, 2.75) is 6.04 Å². The normalized spacial score (nSPS) is 12.3. The molecule has 0 aliphatic rings. The molecule has 0 bridgehead atoms. The fraction of sp³-hybridized carbons (Fsp3) is 0.231. The van der Waals surface area contributed by atoms with Crippen molar-refractivity contribution >= 4 is 38.9 Å². The zero-order valence-corrected chi connectivity index (χ0v) is 13.6. The summed E-state index contributed by atoms with van der Waals surface area (Å²) in [5.41, 5.74) is 7.14. The molecule has 0 aliphatic carbocycles. The maximum atomic E-state index is 6.28. The SMILES string of the molecule is COc1ccc(C(N)c2sccc2Cl)c(OC)c1Br. The standard InChI is InChI=1S/C13H13BrClNO2S/c1-17-9-4-3-7(12(18-2)10(9)14)11(16)13-8(15)5-6-19-13/h3-6,11H,16H2,1-2H3. The van der Waals surface area contributed by atoms with Crippen molar-refractivity contribution in [1.29, 1.82) is 0 Å². The summed E-state index contributed by atoms with van der Waals surface area (Å²) in [6.45, 7) is 0. The fourth-order valence-electron chi connectivity index (χ4n) is 1.83. The summed E-state index contributed by atoms with van der Waals surface area (Å²) >= 11 is 11.1. The van der Waals surface area contributed by atoms with E-state index >= 15 is 0 Å². The third kappa shape index (κ3) is 2.74. The van der Waals surface area contributed by atoms with E-state index in [1.54, 1.807) is 14.2 Å². The molecule has 0 saturated heterocycles. The molecule has 19 heavy (non-hydrogen) atoms. The smallest absolute Gasteiger partial charge is 0.141 e. The Hall–Kier alpha value is -0.750. The minimum Gasteiger partial charge on any atom is -0.495 e. The van der Waals surface area contributed by atoms with Gasteiger partial charge in [-0.3, -0.25) is 0 Å². The van der Waals surface area contributed by atoms with Gasteiger partial charge in [-0.25, -0.2) is 0 Å². The molecule has 2 aromatic rings. The summed E-state index contributed by atoms with van der Waals surface area (Å²) in [7, 11) is 3.21. The first-order chi connectivity index (χ1) is 9.10. The maximum Gasteiger partial charge on any atom is 0.141 e. The molecule has 0 fully saturated rings. The van der Waals surface area contributed by atoms with E-state index in [1.807, 2.05) is 23.6 Å². The van der Waals surface area contributed by atoms with Gasteiger partial charge in [-0.1, -0.05) is 11.6 Å². The second-order valence-electron chi connectivity index (χ2n) is 3.81. The van der Waals surface area contributed by atoms with E-state index in [0.717, 1.165) is 14.9 Å². The first-order valence-electron chi connectivity index (χ1n) is 5.49. The predicted molar refractivity (Wildman–Crippen MR) is 82.6 cm³/mol. The van der Waals surface area contributed by atoms with Crippen LogP contribution >= 0.6 is 38.9 Å². The molecule has 2 N–H and O–H groups in total. The van der Waals surface area contributed by atoms with Crippen molar-refractivity contribution in [3.05, 3.63) is 43.5 Å². The van der Waals surface area contributed by atoms with Gasteiger partial charge in [-0.2, -0.15) is 0 Å². The summed E-state index contributed by atoms with van der Waals surface area (Å²) in [6, 6.07) is 5.25. The molecule has 1 aromatic heterocycles. The first-order valence-corrected chi connectivity index (χ1v) is 7.54. The van der Waals surface area contributed by atoms with Gasteiger partial charge in [0.2, 0.25) is 0 Å². The second kappa shape index (κ2) is 6.13. The van der Waals surface area contributed by atoms with Crippen molar-refractivity contribution < 1.29 is 9.47 Å². The van der Waals surface area contributed by atoms with Crippen LogP contribution in [-0.2, 0) is 0 Å². The van der Waals surface area contributed by atoms with Crippen molar-refractivity contribution in [2.24, 2.45) is 5.73 Å². The third-order valence-corrected chi connectivity index (χ3v) is 4.97. The van der Waals surface area contributed by atoms with Gasteiger partial charge in [0.25, 0.3) is 0 Å². The Morgan fingerprint density at radius 3 is 2.53 bits per heavy atom. The molecule has 1 heterocycles. The van der Waals surface area contributed by atoms with E-state index in [9.17, 15) is 0 Å². The molecule has 1 aromatic carbocycles. The molecule has 0 saturated carbocycles. The average molecular weight is 363 g/mol. The van der Waals surface area contributed by atoms with Gasteiger partial charge in [0.1, 0.15) is 16.0 Å². The molecule has 102 valence electrons. The Morgan fingerprint density at radius 2 is 2.00 bits per heavy atom. The Morgan fingerprint density at radius 1 is 1.26 bits per heavy atom. The molecule has 3 nitrogen and oxygen atoms in total. The van der Waals surface area contributed by atoms with Crippen LogP contribution in [0.5, 0.6) is 11.5 Å². The van der Waals surface area contributed by atoms with Gasteiger partial charge < -0.3 is 15.2 Å². The number of thiophene rings is 1. The Bertz CT molecular complexity index is 588.